The first-order chi connectivity index (χ1) is 28.3. The van der Waals surface area contributed by atoms with Crippen LogP contribution in [-0.2, 0) is 0 Å². The molecule has 0 fully saturated rings. The van der Waals surface area contributed by atoms with Gasteiger partial charge < -0.3 is 9.13 Å². The molecule has 0 saturated carbocycles. The number of rotatable bonds is 7. The molecule has 0 spiro atoms. The van der Waals surface area contributed by atoms with Crippen LogP contribution in [0.15, 0.2) is 231 Å². The molecule has 2 nitrogen and oxygen atoms in total. The zero-order chi connectivity index (χ0) is 37.8. The normalized spacial score (nSPS) is 11.9. The number of benzene rings is 9. The fourth-order valence-corrected chi connectivity index (χ4v) is 14.5. The van der Waals surface area contributed by atoms with Crippen molar-refractivity contribution in [3.8, 4) is 22.5 Å². The minimum atomic E-state index is -2.99. The maximum absolute atomic E-state index is 2.99. The molecule has 268 valence electrons. The Balaban J connectivity index is 1.36. The van der Waals surface area contributed by atoms with E-state index in [9.17, 15) is 0 Å². The van der Waals surface area contributed by atoms with Gasteiger partial charge in [-0.15, -0.1) is 0 Å². The highest BCUT2D eigenvalue weighted by Crippen LogP contribution is 2.41. The number of hydrogen-bond donors (Lipinski definition) is 0. The van der Waals surface area contributed by atoms with Crippen LogP contribution >= 0.6 is 0 Å². The van der Waals surface area contributed by atoms with Gasteiger partial charge in [-0.1, -0.05) is 188 Å². The van der Waals surface area contributed by atoms with Gasteiger partial charge in [0.2, 0.25) is 0 Å². The maximum Gasteiger partial charge on any atom is 0.180 e. The van der Waals surface area contributed by atoms with E-state index in [-0.39, 0.29) is 0 Å². The molecule has 0 aliphatic heterocycles. The minimum absolute atomic E-state index is 1.15. The van der Waals surface area contributed by atoms with Gasteiger partial charge in [0.15, 0.2) is 8.07 Å². The molecule has 57 heavy (non-hydrogen) atoms. The van der Waals surface area contributed by atoms with Crippen LogP contribution in [0.1, 0.15) is 0 Å². The fraction of sp³-hybridized carbons (Fsp3) is 0. The van der Waals surface area contributed by atoms with Crippen molar-refractivity contribution in [1.82, 2.24) is 9.13 Å². The summed E-state index contributed by atoms with van der Waals surface area (Å²) < 4.78 is 4.98. The van der Waals surface area contributed by atoms with E-state index in [2.05, 4.69) is 240 Å². The molecule has 2 heterocycles. The molecule has 0 N–H and O–H groups in total. The summed E-state index contributed by atoms with van der Waals surface area (Å²) >= 11 is 0. The van der Waals surface area contributed by atoms with Crippen LogP contribution in [-0.4, -0.2) is 17.2 Å². The second-order valence-corrected chi connectivity index (χ2v) is 18.6. The van der Waals surface area contributed by atoms with Crippen LogP contribution in [0.3, 0.4) is 0 Å². The van der Waals surface area contributed by atoms with Crippen molar-refractivity contribution in [3.05, 3.63) is 231 Å². The van der Waals surface area contributed by atoms with Crippen LogP contribution in [0.2, 0.25) is 0 Å². The third-order valence-corrected chi connectivity index (χ3v) is 16.6. The molecule has 11 aromatic rings. The predicted octanol–water partition coefficient (Wildman–Crippen LogP) is 10.9. The number of nitrogens with zero attached hydrogens (tertiary/aromatic N) is 2. The van der Waals surface area contributed by atoms with Gasteiger partial charge in [0.1, 0.15) is 0 Å². The van der Waals surface area contributed by atoms with E-state index in [1.807, 2.05) is 0 Å². The summed E-state index contributed by atoms with van der Waals surface area (Å²) in [6, 6.07) is 85.4. The smallest absolute Gasteiger partial charge is 0.180 e. The average Bonchev–Trinajstić information content (AvgIpc) is 3.81. The van der Waals surface area contributed by atoms with Crippen LogP contribution in [0.25, 0.3) is 66.1 Å². The Morgan fingerprint density at radius 2 is 0.754 bits per heavy atom. The number of hydrogen-bond acceptors (Lipinski definition) is 0. The Labute approximate surface area is 333 Å². The van der Waals surface area contributed by atoms with Crippen molar-refractivity contribution in [2.24, 2.45) is 0 Å². The van der Waals surface area contributed by atoms with Gasteiger partial charge >= 0.3 is 0 Å². The van der Waals surface area contributed by atoms with Gasteiger partial charge in [-0.3, -0.25) is 0 Å². The van der Waals surface area contributed by atoms with Gasteiger partial charge in [-0.05, 0) is 74.3 Å². The lowest BCUT2D eigenvalue weighted by Crippen LogP contribution is -2.74. The summed E-state index contributed by atoms with van der Waals surface area (Å²) in [7, 11) is -2.99. The van der Waals surface area contributed by atoms with Gasteiger partial charge in [-0.2, -0.15) is 0 Å². The number of para-hydroxylation sites is 3. The largest absolute Gasteiger partial charge is 0.309 e. The first kappa shape index (κ1) is 33.2. The summed E-state index contributed by atoms with van der Waals surface area (Å²) in [6.07, 6.45) is 0. The molecule has 0 radical (unpaired) electrons. The predicted molar refractivity (Wildman–Crippen MR) is 244 cm³/mol. The molecule has 0 saturated heterocycles. The van der Waals surface area contributed by atoms with Crippen molar-refractivity contribution in [2.75, 3.05) is 0 Å². The second kappa shape index (κ2) is 13.5. The lowest BCUT2D eigenvalue weighted by Gasteiger charge is -2.35. The molecule has 0 aliphatic rings. The lowest BCUT2D eigenvalue weighted by atomic mass is 10.0. The summed E-state index contributed by atoms with van der Waals surface area (Å²) in [5.74, 6) is 0. The lowest BCUT2D eigenvalue weighted by molar-refractivity contribution is 1.17. The first-order valence-corrected chi connectivity index (χ1v) is 21.7. The van der Waals surface area contributed by atoms with Crippen LogP contribution in [0.5, 0.6) is 0 Å². The van der Waals surface area contributed by atoms with Gasteiger partial charge in [-0.25, -0.2) is 0 Å². The maximum atomic E-state index is 2.56. The van der Waals surface area contributed by atoms with E-state index < -0.39 is 8.07 Å². The van der Waals surface area contributed by atoms with E-state index in [0.717, 1.165) is 5.69 Å². The standard InChI is InChI=1S/C54H38N2Si/c1-6-21-39(22-7-1)40-37-51-54(52(38-40)57(42-25-10-3-11-26-42,43-27-12-4-13-28-43)44-29-14-5-15-30-44)46-32-17-19-34-48(46)56(51)50-36-20-35-49-53(50)45-31-16-18-33-47(45)55(49)41-23-8-2-9-24-41/h1-38H. The minimum Gasteiger partial charge on any atom is -0.309 e. The SMILES string of the molecule is c1ccc(-c2cc([Si](c3ccccc3)(c3ccccc3)c3ccccc3)c3c4ccccc4n(-c4cccc5c4c4ccccc4n5-c4ccccc4)c3c2)cc1. The summed E-state index contributed by atoms with van der Waals surface area (Å²) in [5.41, 5.74) is 9.52. The molecule has 0 amide bonds. The molecule has 0 aliphatic carbocycles. The van der Waals surface area contributed by atoms with Crippen molar-refractivity contribution < 1.29 is 0 Å². The third kappa shape index (κ3) is 5.10. The van der Waals surface area contributed by atoms with Crippen LogP contribution in [0.4, 0.5) is 0 Å². The van der Waals surface area contributed by atoms with Gasteiger partial charge in [0, 0.05) is 27.2 Å². The fourth-order valence-electron chi connectivity index (χ4n) is 9.52. The highest BCUT2D eigenvalue weighted by molar-refractivity contribution is 7.20. The van der Waals surface area contributed by atoms with Crippen molar-refractivity contribution in [2.45, 2.75) is 0 Å². The van der Waals surface area contributed by atoms with E-state index in [0.29, 0.717) is 0 Å². The van der Waals surface area contributed by atoms with E-state index in [1.165, 1.54) is 81.2 Å². The molecule has 0 atom stereocenters. The van der Waals surface area contributed by atoms with E-state index >= 15 is 0 Å². The topological polar surface area (TPSA) is 9.86 Å². The molecule has 0 unspecified atom stereocenters. The van der Waals surface area contributed by atoms with Gasteiger partial charge in [0.05, 0.1) is 27.8 Å². The summed E-state index contributed by atoms with van der Waals surface area (Å²) in [5, 5.41) is 10.5. The summed E-state index contributed by atoms with van der Waals surface area (Å²) in [6.45, 7) is 0. The Bertz CT molecular complexity index is 3110. The molecular formula is C54H38N2Si. The quantitative estimate of drug-likeness (QED) is 0.114. The number of aromatic nitrogens is 2. The summed E-state index contributed by atoms with van der Waals surface area (Å²) in [4.78, 5) is 0. The van der Waals surface area contributed by atoms with Crippen molar-refractivity contribution in [3.63, 3.8) is 0 Å². The highest BCUT2D eigenvalue weighted by Gasteiger charge is 2.43. The van der Waals surface area contributed by atoms with E-state index in [4.69, 9.17) is 0 Å². The molecule has 3 heteroatoms. The zero-order valence-electron chi connectivity index (χ0n) is 31.3. The zero-order valence-corrected chi connectivity index (χ0v) is 32.3. The van der Waals surface area contributed by atoms with Crippen LogP contribution < -0.4 is 20.7 Å². The molecule has 0 bridgehead atoms. The van der Waals surface area contributed by atoms with E-state index in [1.54, 1.807) is 0 Å². The average molecular weight is 743 g/mol. The van der Waals surface area contributed by atoms with Crippen molar-refractivity contribution in [1.29, 1.82) is 0 Å². The molecular weight excluding hydrogens is 705 g/mol. The van der Waals surface area contributed by atoms with Crippen molar-refractivity contribution >= 4 is 72.4 Å². The first-order valence-electron chi connectivity index (χ1n) is 19.7. The number of fused-ring (bicyclic) bond motifs is 6. The Morgan fingerprint density at radius 1 is 0.298 bits per heavy atom. The molecule has 9 aromatic carbocycles. The Morgan fingerprint density at radius 3 is 1.33 bits per heavy atom. The monoisotopic (exact) mass is 742 g/mol. The highest BCUT2D eigenvalue weighted by atomic mass is 28.3. The third-order valence-electron chi connectivity index (χ3n) is 11.8. The Kier molecular flexibility index (Phi) is 7.87. The molecule has 11 rings (SSSR count). The second-order valence-electron chi connectivity index (χ2n) is 14.8. The van der Waals surface area contributed by atoms with Crippen LogP contribution in [0, 0.1) is 0 Å². The molecule has 2 aromatic heterocycles. The van der Waals surface area contributed by atoms with Gasteiger partial charge in [0.25, 0.3) is 0 Å². The Hall–Kier alpha value is -7.20.